The molecular weight excluding hydrogens is 563 g/mol. The van der Waals surface area contributed by atoms with Gasteiger partial charge in [0.05, 0.1) is 13.2 Å². The first-order chi connectivity index (χ1) is 20.1. The molecule has 0 bridgehead atoms. The monoisotopic (exact) mass is 632 g/mol. The molecule has 0 atom stereocenters. The van der Waals surface area contributed by atoms with E-state index in [4.69, 9.17) is 32.1 Å². The highest BCUT2D eigenvalue weighted by Crippen LogP contribution is 2.54. The lowest BCUT2D eigenvalue weighted by atomic mass is 10.1. The van der Waals surface area contributed by atoms with Gasteiger partial charge in [-0.2, -0.15) is 0 Å². The van der Waals surface area contributed by atoms with Gasteiger partial charge in [0.2, 0.25) is 0 Å². The Morgan fingerprint density at radius 1 is 0.415 bits per heavy atom. The lowest BCUT2D eigenvalue weighted by Gasteiger charge is -2.15. The van der Waals surface area contributed by atoms with Crippen LogP contribution in [-0.4, -0.2) is 13.2 Å². The van der Waals surface area contributed by atoms with Gasteiger partial charge in [-0.05, 0) is 87.3 Å². The van der Waals surface area contributed by atoms with Crippen LogP contribution in [0.2, 0.25) is 0 Å². The van der Waals surface area contributed by atoms with Crippen LogP contribution in [0.15, 0.2) is 24.3 Å². The second-order valence-corrected chi connectivity index (χ2v) is 16.7. The Hall–Kier alpha value is 0.340. The van der Waals surface area contributed by atoms with E-state index in [1.165, 1.54) is 167 Å². The Labute approximate surface area is 268 Å². The fourth-order valence-corrected chi connectivity index (χ4v) is 6.71. The van der Waals surface area contributed by atoms with Gasteiger partial charge in [0, 0.05) is 0 Å². The second kappa shape index (κ2) is 34.8. The first-order valence-electron chi connectivity index (χ1n) is 18.0. The zero-order chi connectivity index (χ0) is 30.0. The summed E-state index contributed by atoms with van der Waals surface area (Å²) in [6.07, 6.45) is 46.1. The fraction of sp³-hybridized carbons (Fsp3) is 0.889. The average molecular weight is 633 g/mol. The van der Waals surface area contributed by atoms with Gasteiger partial charge in [0.25, 0.3) is 5.84 Å². The van der Waals surface area contributed by atoms with Crippen molar-refractivity contribution in [1.29, 1.82) is 0 Å². The minimum Gasteiger partial charge on any atom is -0.318 e. The van der Waals surface area contributed by atoms with E-state index in [-0.39, 0.29) is 0 Å². The maximum absolute atomic E-state index is 6.35. The molecule has 0 heterocycles. The summed E-state index contributed by atoms with van der Waals surface area (Å²) in [5, 5.41) is 0. The molecule has 0 aliphatic carbocycles. The third-order valence-corrected chi connectivity index (χ3v) is 10.0. The molecule has 0 saturated carbocycles. The predicted molar refractivity (Wildman–Crippen MR) is 191 cm³/mol. The van der Waals surface area contributed by atoms with Crippen molar-refractivity contribution in [1.82, 2.24) is 0 Å². The minimum absolute atomic E-state index is 0.634. The summed E-state index contributed by atoms with van der Waals surface area (Å²) < 4.78 is 11.5. The van der Waals surface area contributed by atoms with Gasteiger partial charge in [-0.25, -0.2) is 0 Å². The molecule has 0 aromatic rings. The molecule has 0 fully saturated rings. The summed E-state index contributed by atoms with van der Waals surface area (Å²) in [6.45, 7) is 5.83. The minimum atomic E-state index is -2.58. The molecule has 0 N–H and O–H groups in total. The standard InChI is InChI=1S/C36H70ClO2PS/c1-3-5-7-9-11-13-15-17-19-21-23-25-27-29-31-33-35-38-40(37,41)39-36-34-32-30-28-26-24-22-20-18-16-14-12-10-8-6-4-2/h17-20H,3-16,21-36H2,1-2H3. The number of halogens is 1. The molecular formula is C36H70ClO2PS. The normalized spacial score (nSPS) is 13.5. The van der Waals surface area contributed by atoms with Gasteiger partial charge in [-0.15, -0.1) is 0 Å². The third kappa shape index (κ3) is 36.4. The van der Waals surface area contributed by atoms with Crippen LogP contribution < -0.4 is 0 Å². The third-order valence-electron chi connectivity index (χ3n) is 7.80. The van der Waals surface area contributed by atoms with Gasteiger partial charge in [0.15, 0.2) is 0 Å². The molecule has 0 spiro atoms. The Morgan fingerprint density at radius 2 is 0.659 bits per heavy atom. The number of hydrogen-bond acceptors (Lipinski definition) is 3. The first kappa shape index (κ1) is 41.3. The summed E-state index contributed by atoms with van der Waals surface area (Å²) in [5.74, 6) is -2.58. The van der Waals surface area contributed by atoms with E-state index in [2.05, 4.69) is 38.2 Å². The van der Waals surface area contributed by atoms with Crippen molar-refractivity contribution in [2.24, 2.45) is 0 Å². The highest BCUT2D eigenvalue weighted by Gasteiger charge is 2.14. The topological polar surface area (TPSA) is 18.5 Å². The SMILES string of the molecule is CCCCCCCCC=CCCCCCCCCOP(=S)(Cl)OCCCCCCCCC=CCCCCCCCC. The van der Waals surface area contributed by atoms with Gasteiger partial charge in [-0.1, -0.05) is 154 Å². The zero-order valence-electron chi connectivity index (χ0n) is 27.6. The molecule has 0 radical (unpaired) electrons. The van der Waals surface area contributed by atoms with Crippen LogP contribution in [0.25, 0.3) is 0 Å². The number of allylic oxidation sites excluding steroid dienone is 4. The van der Waals surface area contributed by atoms with E-state index in [9.17, 15) is 0 Å². The summed E-state index contributed by atoms with van der Waals surface area (Å²) in [6, 6.07) is 0. The molecule has 5 heteroatoms. The average Bonchev–Trinajstić information content (AvgIpc) is 2.96. The fourth-order valence-electron chi connectivity index (χ4n) is 5.08. The van der Waals surface area contributed by atoms with Crippen LogP contribution in [-0.2, 0) is 20.9 Å². The van der Waals surface area contributed by atoms with Crippen molar-refractivity contribution >= 4 is 28.9 Å². The molecule has 0 amide bonds. The maximum atomic E-state index is 6.35. The van der Waals surface area contributed by atoms with Crippen LogP contribution in [0, 0.1) is 0 Å². The molecule has 41 heavy (non-hydrogen) atoms. The van der Waals surface area contributed by atoms with E-state index in [0.29, 0.717) is 13.2 Å². The summed E-state index contributed by atoms with van der Waals surface area (Å²) in [5.41, 5.74) is 0. The van der Waals surface area contributed by atoms with Crippen LogP contribution in [0.5, 0.6) is 0 Å². The van der Waals surface area contributed by atoms with Crippen LogP contribution >= 0.6 is 17.1 Å². The largest absolute Gasteiger partial charge is 0.318 e. The lowest BCUT2D eigenvalue weighted by molar-refractivity contribution is 0.248. The maximum Gasteiger partial charge on any atom is 0.281 e. The Bertz CT molecular complexity index is 562. The van der Waals surface area contributed by atoms with Gasteiger partial charge in [-0.3, -0.25) is 0 Å². The van der Waals surface area contributed by atoms with Crippen LogP contribution in [0.1, 0.15) is 194 Å². The quantitative estimate of drug-likeness (QED) is 0.0399. The van der Waals surface area contributed by atoms with E-state index >= 15 is 0 Å². The second-order valence-electron chi connectivity index (χ2n) is 12.0. The number of unbranched alkanes of at least 4 members (excludes halogenated alkanes) is 24. The predicted octanol–water partition coefficient (Wildman–Crippen LogP) is 14.6. The van der Waals surface area contributed by atoms with E-state index < -0.39 is 5.84 Å². The highest BCUT2D eigenvalue weighted by atomic mass is 35.7. The van der Waals surface area contributed by atoms with Crippen LogP contribution in [0.4, 0.5) is 0 Å². The van der Waals surface area contributed by atoms with Crippen molar-refractivity contribution in [2.45, 2.75) is 194 Å². The molecule has 244 valence electrons. The molecule has 0 saturated heterocycles. The molecule has 0 aromatic carbocycles. The van der Waals surface area contributed by atoms with E-state index in [1.54, 1.807) is 0 Å². The van der Waals surface area contributed by atoms with Crippen molar-refractivity contribution < 1.29 is 9.05 Å². The Morgan fingerprint density at radius 3 is 0.951 bits per heavy atom. The molecule has 0 unspecified atom stereocenters. The molecule has 0 rings (SSSR count). The first-order valence-corrected chi connectivity index (χ1v) is 21.6. The summed E-state index contributed by atoms with van der Waals surface area (Å²) in [7, 11) is 0. The van der Waals surface area contributed by atoms with Crippen molar-refractivity contribution in [3.8, 4) is 0 Å². The smallest absolute Gasteiger partial charge is 0.281 e. The van der Waals surface area contributed by atoms with E-state index in [0.717, 1.165) is 12.8 Å². The van der Waals surface area contributed by atoms with Crippen molar-refractivity contribution in [3.05, 3.63) is 24.3 Å². The zero-order valence-corrected chi connectivity index (χ0v) is 30.0. The molecule has 0 aromatic heterocycles. The van der Waals surface area contributed by atoms with Crippen molar-refractivity contribution in [3.63, 3.8) is 0 Å². The van der Waals surface area contributed by atoms with Gasteiger partial charge >= 0.3 is 0 Å². The van der Waals surface area contributed by atoms with Gasteiger partial charge < -0.3 is 9.05 Å². The molecule has 0 aliphatic rings. The highest BCUT2D eigenvalue weighted by molar-refractivity contribution is 8.22. The lowest BCUT2D eigenvalue weighted by Crippen LogP contribution is -1.96. The number of rotatable bonds is 34. The number of hydrogen-bond donors (Lipinski definition) is 0. The van der Waals surface area contributed by atoms with E-state index in [1.807, 2.05) is 0 Å². The molecule has 0 aliphatic heterocycles. The Kier molecular flexibility index (Phi) is 35.1. The summed E-state index contributed by atoms with van der Waals surface area (Å²) >= 11 is 11.7. The van der Waals surface area contributed by atoms with Crippen molar-refractivity contribution in [2.75, 3.05) is 13.2 Å². The molecule has 2 nitrogen and oxygen atoms in total. The van der Waals surface area contributed by atoms with Crippen LogP contribution in [0.3, 0.4) is 0 Å². The van der Waals surface area contributed by atoms with Gasteiger partial charge in [0.1, 0.15) is 0 Å². The summed E-state index contributed by atoms with van der Waals surface area (Å²) in [4.78, 5) is 0. The Balaban J connectivity index is 3.35.